The maximum atomic E-state index is 11.6. The van der Waals surface area contributed by atoms with Gasteiger partial charge in [-0.1, -0.05) is 0 Å². The number of hydrogen-bond donors (Lipinski definition) is 2. The Morgan fingerprint density at radius 3 is 3.17 bits per heavy atom. The molecule has 5 heteroatoms. The van der Waals surface area contributed by atoms with Gasteiger partial charge in [-0.25, -0.2) is 0 Å². The van der Waals surface area contributed by atoms with E-state index in [0.29, 0.717) is 6.54 Å². The van der Waals surface area contributed by atoms with Gasteiger partial charge in [0, 0.05) is 17.4 Å². The van der Waals surface area contributed by atoms with Crippen LogP contribution in [-0.2, 0) is 6.54 Å². The molecule has 0 unspecified atom stereocenters. The first-order chi connectivity index (χ1) is 8.74. The van der Waals surface area contributed by atoms with Crippen molar-refractivity contribution in [2.75, 3.05) is 5.32 Å². The Hall–Kier alpha value is -2.17. The number of pyridine rings is 1. The zero-order valence-electron chi connectivity index (χ0n) is 9.99. The molecule has 0 fully saturated rings. The van der Waals surface area contributed by atoms with E-state index >= 15 is 0 Å². The molecule has 1 radical (unpaired) electrons. The zero-order valence-corrected chi connectivity index (χ0v) is 9.99. The molecule has 3 rings (SSSR count). The van der Waals surface area contributed by atoms with E-state index in [0.717, 1.165) is 28.2 Å². The molecule has 0 saturated heterocycles. The van der Waals surface area contributed by atoms with Gasteiger partial charge in [-0.3, -0.25) is 4.79 Å². The van der Waals surface area contributed by atoms with Crippen LogP contribution in [0.2, 0.25) is 0 Å². The molecule has 0 aliphatic carbocycles. The van der Waals surface area contributed by atoms with Gasteiger partial charge in [0.05, 0.1) is 12.8 Å². The van der Waals surface area contributed by atoms with Crippen molar-refractivity contribution in [3.05, 3.63) is 52.2 Å². The Morgan fingerprint density at radius 1 is 1.50 bits per heavy atom. The van der Waals surface area contributed by atoms with Gasteiger partial charge in [0.1, 0.15) is 5.76 Å². The van der Waals surface area contributed by atoms with E-state index < -0.39 is 0 Å². The SMILES string of the molecule is CC1=C[B]c2c(NCc3ccco3)cc(=O)[nH]c21. The summed E-state index contributed by atoms with van der Waals surface area (Å²) in [5.41, 5.74) is 3.73. The lowest BCUT2D eigenvalue weighted by molar-refractivity contribution is 0.518. The molecule has 2 aromatic heterocycles. The molecule has 1 aliphatic rings. The molecule has 0 bridgehead atoms. The molecule has 4 nitrogen and oxygen atoms in total. The van der Waals surface area contributed by atoms with E-state index in [1.54, 1.807) is 12.3 Å². The molecule has 1 aliphatic heterocycles. The second-order valence-corrected chi connectivity index (χ2v) is 4.29. The number of anilines is 1. The third-order valence-corrected chi connectivity index (χ3v) is 3.01. The highest BCUT2D eigenvalue weighted by Gasteiger charge is 2.17. The maximum Gasteiger partial charge on any atom is 0.250 e. The first-order valence-corrected chi connectivity index (χ1v) is 5.79. The van der Waals surface area contributed by atoms with Gasteiger partial charge in [-0.05, 0) is 30.1 Å². The molecule has 89 valence electrons. The van der Waals surface area contributed by atoms with Crippen molar-refractivity contribution >= 4 is 24.0 Å². The van der Waals surface area contributed by atoms with Crippen LogP contribution in [0.5, 0.6) is 0 Å². The monoisotopic (exact) mass is 239 g/mol. The van der Waals surface area contributed by atoms with E-state index in [2.05, 4.69) is 10.3 Å². The van der Waals surface area contributed by atoms with E-state index in [4.69, 9.17) is 4.42 Å². The molecule has 0 spiro atoms. The van der Waals surface area contributed by atoms with Crippen LogP contribution < -0.4 is 16.3 Å². The van der Waals surface area contributed by atoms with Crippen molar-refractivity contribution in [3.8, 4) is 0 Å². The van der Waals surface area contributed by atoms with Crippen LogP contribution in [-0.4, -0.2) is 12.3 Å². The van der Waals surface area contributed by atoms with Crippen molar-refractivity contribution in [2.24, 2.45) is 0 Å². The average molecular weight is 239 g/mol. The van der Waals surface area contributed by atoms with Crippen LogP contribution in [0.25, 0.3) is 5.57 Å². The van der Waals surface area contributed by atoms with Gasteiger partial charge in [-0.2, -0.15) is 0 Å². The Balaban J connectivity index is 1.89. The number of rotatable bonds is 3. The fourth-order valence-corrected chi connectivity index (χ4v) is 2.09. The number of hydrogen-bond acceptors (Lipinski definition) is 3. The smallest absolute Gasteiger partial charge is 0.250 e. The van der Waals surface area contributed by atoms with E-state index in [-0.39, 0.29) is 5.56 Å². The first-order valence-electron chi connectivity index (χ1n) is 5.79. The summed E-state index contributed by atoms with van der Waals surface area (Å²) in [5, 5.41) is 3.23. The maximum absolute atomic E-state index is 11.6. The Bertz CT molecular complexity index is 656. The van der Waals surface area contributed by atoms with Gasteiger partial charge in [0.15, 0.2) is 7.28 Å². The highest BCUT2D eigenvalue weighted by atomic mass is 16.3. The lowest BCUT2D eigenvalue weighted by atomic mass is 9.73. The summed E-state index contributed by atoms with van der Waals surface area (Å²) in [4.78, 5) is 14.4. The lowest BCUT2D eigenvalue weighted by Gasteiger charge is -2.10. The topological polar surface area (TPSA) is 58.0 Å². The average Bonchev–Trinajstić information content (AvgIpc) is 2.97. The third kappa shape index (κ3) is 1.88. The summed E-state index contributed by atoms with van der Waals surface area (Å²) in [6, 6.07) is 5.31. The Kier molecular flexibility index (Phi) is 2.59. The van der Waals surface area contributed by atoms with Crippen LogP contribution in [0.1, 0.15) is 18.4 Å². The summed E-state index contributed by atoms with van der Waals surface area (Å²) in [5.74, 6) is 2.84. The zero-order chi connectivity index (χ0) is 12.5. The lowest BCUT2D eigenvalue weighted by Crippen LogP contribution is -2.24. The molecule has 0 atom stereocenters. The minimum absolute atomic E-state index is 0.0984. The summed E-state index contributed by atoms with van der Waals surface area (Å²) < 4.78 is 5.25. The number of aromatic amines is 1. The number of aromatic nitrogens is 1. The van der Waals surface area contributed by atoms with Gasteiger partial charge < -0.3 is 14.7 Å². The van der Waals surface area contributed by atoms with E-state index in [1.165, 1.54) is 0 Å². The van der Waals surface area contributed by atoms with Crippen LogP contribution in [0, 0.1) is 0 Å². The molecular formula is C13H12BN2O2. The van der Waals surface area contributed by atoms with Crippen molar-refractivity contribution in [2.45, 2.75) is 13.5 Å². The molecule has 2 N–H and O–H groups in total. The Labute approximate surface area is 105 Å². The number of furan rings is 1. The van der Waals surface area contributed by atoms with Crippen LogP contribution in [0.4, 0.5) is 5.69 Å². The van der Waals surface area contributed by atoms with Crippen molar-refractivity contribution in [3.63, 3.8) is 0 Å². The quantitative estimate of drug-likeness (QED) is 0.793. The standard InChI is InChI=1S/C13H12BN2O2/c1-8-6-14-12-10(5-11(17)16-13(8)12)15-7-9-3-2-4-18-9/h2-6H,7H2,1H3,(H2,15,16,17). The molecular weight excluding hydrogens is 227 g/mol. The van der Waals surface area contributed by atoms with Crippen molar-refractivity contribution in [1.82, 2.24) is 4.98 Å². The highest BCUT2D eigenvalue weighted by molar-refractivity contribution is 6.65. The van der Waals surface area contributed by atoms with Crippen LogP contribution in [0.3, 0.4) is 0 Å². The molecule has 3 heterocycles. The fourth-order valence-electron chi connectivity index (χ4n) is 2.09. The van der Waals surface area contributed by atoms with Crippen LogP contribution >= 0.6 is 0 Å². The number of nitrogens with one attached hydrogen (secondary N) is 2. The first kappa shape index (κ1) is 11.0. The number of fused-ring (bicyclic) bond motifs is 1. The number of allylic oxidation sites excluding steroid dienone is 1. The minimum Gasteiger partial charge on any atom is -0.467 e. The predicted octanol–water partition coefficient (Wildman–Crippen LogP) is 1.28. The van der Waals surface area contributed by atoms with E-state index in [1.807, 2.05) is 32.3 Å². The highest BCUT2D eigenvalue weighted by Crippen LogP contribution is 2.16. The van der Waals surface area contributed by atoms with Crippen LogP contribution in [0.15, 0.2) is 39.6 Å². The second kappa shape index (κ2) is 4.25. The van der Waals surface area contributed by atoms with Crippen molar-refractivity contribution < 1.29 is 4.42 Å². The molecule has 0 aromatic carbocycles. The van der Waals surface area contributed by atoms with Gasteiger partial charge in [-0.15, -0.1) is 5.98 Å². The molecule has 0 amide bonds. The summed E-state index contributed by atoms with van der Waals surface area (Å²) >= 11 is 0. The molecule has 18 heavy (non-hydrogen) atoms. The third-order valence-electron chi connectivity index (χ3n) is 3.01. The van der Waals surface area contributed by atoms with Gasteiger partial charge in [0.25, 0.3) is 0 Å². The second-order valence-electron chi connectivity index (χ2n) is 4.29. The summed E-state index contributed by atoms with van der Waals surface area (Å²) in [6.07, 6.45) is 1.64. The number of H-pyrrole nitrogens is 1. The normalized spacial score (nSPS) is 12.8. The predicted molar refractivity (Wildman–Crippen MR) is 72.1 cm³/mol. The van der Waals surface area contributed by atoms with Gasteiger partial charge in [0.2, 0.25) is 5.56 Å². The summed E-state index contributed by atoms with van der Waals surface area (Å²) in [7, 11) is 2.01. The van der Waals surface area contributed by atoms with E-state index in [9.17, 15) is 4.79 Å². The Morgan fingerprint density at radius 2 is 2.39 bits per heavy atom. The molecule has 0 saturated carbocycles. The fraction of sp³-hybridized carbons (Fsp3) is 0.154. The van der Waals surface area contributed by atoms with Gasteiger partial charge >= 0.3 is 0 Å². The minimum atomic E-state index is -0.0984. The summed E-state index contributed by atoms with van der Waals surface area (Å²) in [6.45, 7) is 2.55. The molecule has 2 aromatic rings. The van der Waals surface area contributed by atoms with Crippen molar-refractivity contribution in [1.29, 1.82) is 0 Å². The largest absolute Gasteiger partial charge is 0.467 e.